The fraction of sp³-hybridized carbons (Fsp3) is 0.467. The van der Waals surface area contributed by atoms with Crippen LogP contribution in [0.25, 0.3) is 0 Å². The zero-order valence-electron chi connectivity index (χ0n) is 11.1. The molecule has 1 fully saturated rings. The maximum atomic E-state index is 12.6. The molecule has 0 saturated carbocycles. The molecular weight excluding hydrogens is 240 g/mol. The molecular formula is C15H18N2O2. The Hall–Kier alpha value is -1.84. The molecule has 100 valence electrons. The largest absolute Gasteiger partial charge is 0.341 e. The summed E-state index contributed by atoms with van der Waals surface area (Å²) in [6, 6.07) is 7.46. The Balaban J connectivity index is 1.90. The molecule has 1 aromatic rings. The molecule has 0 bridgehead atoms. The van der Waals surface area contributed by atoms with E-state index in [-0.39, 0.29) is 17.9 Å². The lowest BCUT2D eigenvalue weighted by atomic mass is 10.1. The van der Waals surface area contributed by atoms with E-state index in [0.29, 0.717) is 6.42 Å². The molecule has 0 aromatic heterocycles. The molecule has 0 radical (unpaired) electrons. The van der Waals surface area contributed by atoms with E-state index in [1.165, 1.54) is 6.92 Å². The first-order valence-corrected chi connectivity index (χ1v) is 6.85. The summed E-state index contributed by atoms with van der Waals surface area (Å²) < 4.78 is 0. The molecule has 0 N–H and O–H groups in total. The fourth-order valence-corrected chi connectivity index (χ4v) is 3.12. The van der Waals surface area contributed by atoms with Crippen LogP contribution in [0.1, 0.15) is 25.3 Å². The van der Waals surface area contributed by atoms with Crippen molar-refractivity contribution in [2.45, 2.75) is 32.2 Å². The molecule has 4 nitrogen and oxygen atoms in total. The first-order valence-electron chi connectivity index (χ1n) is 6.85. The zero-order valence-corrected chi connectivity index (χ0v) is 11.1. The van der Waals surface area contributed by atoms with Gasteiger partial charge in [0.05, 0.1) is 0 Å². The minimum Gasteiger partial charge on any atom is -0.341 e. The Morgan fingerprint density at radius 3 is 2.53 bits per heavy atom. The van der Waals surface area contributed by atoms with Crippen molar-refractivity contribution in [3.05, 3.63) is 29.8 Å². The van der Waals surface area contributed by atoms with Crippen LogP contribution >= 0.6 is 0 Å². The number of carbonyl (C=O) groups excluding carboxylic acids is 2. The number of carbonyl (C=O) groups is 2. The number of anilines is 1. The maximum Gasteiger partial charge on any atom is 0.246 e. The standard InChI is InChI=1S/C15H18N2O2/c1-11(18)17-13-7-3-2-6-12(13)10-14(17)15(19)16-8-4-5-9-16/h2-3,6-7,14H,4-5,8-10H2,1H3/t14-/m0/s1. The predicted octanol–water partition coefficient (Wildman–Crippen LogP) is 1.59. The highest BCUT2D eigenvalue weighted by Crippen LogP contribution is 2.33. The van der Waals surface area contributed by atoms with E-state index >= 15 is 0 Å². The van der Waals surface area contributed by atoms with E-state index in [2.05, 4.69) is 0 Å². The van der Waals surface area contributed by atoms with E-state index in [9.17, 15) is 9.59 Å². The average Bonchev–Trinajstić information content (AvgIpc) is 3.04. The van der Waals surface area contributed by atoms with Gasteiger partial charge in [-0.2, -0.15) is 0 Å². The van der Waals surface area contributed by atoms with E-state index < -0.39 is 0 Å². The van der Waals surface area contributed by atoms with E-state index in [0.717, 1.165) is 37.2 Å². The van der Waals surface area contributed by atoms with Crippen LogP contribution in [0, 0.1) is 0 Å². The summed E-state index contributed by atoms with van der Waals surface area (Å²) in [5.41, 5.74) is 1.99. The maximum absolute atomic E-state index is 12.6. The van der Waals surface area contributed by atoms with Gasteiger partial charge in [-0.25, -0.2) is 0 Å². The van der Waals surface area contributed by atoms with Crippen molar-refractivity contribution in [2.24, 2.45) is 0 Å². The summed E-state index contributed by atoms with van der Waals surface area (Å²) >= 11 is 0. The summed E-state index contributed by atoms with van der Waals surface area (Å²) in [6.07, 6.45) is 2.79. The van der Waals surface area contributed by atoms with E-state index in [1.54, 1.807) is 4.90 Å². The number of hydrogen-bond donors (Lipinski definition) is 0. The molecule has 0 aliphatic carbocycles. The molecule has 0 unspecified atom stereocenters. The molecule has 1 saturated heterocycles. The van der Waals surface area contributed by atoms with Gasteiger partial charge in [-0.05, 0) is 24.5 Å². The van der Waals surface area contributed by atoms with Crippen molar-refractivity contribution in [2.75, 3.05) is 18.0 Å². The van der Waals surface area contributed by atoms with Crippen LogP contribution in [0.5, 0.6) is 0 Å². The predicted molar refractivity (Wildman–Crippen MR) is 72.9 cm³/mol. The monoisotopic (exact) mass is 258 g/mol. The fourth-order valence-electron chi connectivity index (χ4n) is 3.12. The van der Waals surface area contributed by atoms with E-state index in [1.807, 2.05) is 29.2 Å². The lowest BCUT2D eigenvalue weighted by molar-refractivity contribution is -0.133. The molecule has 3 rings (SSSR count). The minimum absolute atomic E-state index is 0.0532. The Bertz CT molecular complexity index is 521. The SMILES string of the molecule is CC(=O)N1c2ccccc2C[C@H]1C(=O)N1CCCC1. The second kappa shape index (κ2) is 4.68. The summed E-state index contributed by atoms with van der Waals surface area (Å²) in [5.74, 6) is 0.0476. The van der Waals surface area contributed by atoms with Crippen molar-refractivity contribution in [3.8, 4) is 0 Å². The Morgan fingerprint density at radius 2 is 1.84 bits per heavy atom. The van der Waals surface area contributed by atoms with Crippen LogP contribution in [0.4, 0.5) is 5.69 Å². The van der Waals surface area contributed by atoms with Gasteiger partial charge in [-0.3, -0.25) is 14.5 Å². The summed E-state index contributed by atoms with van der Waals surface area (Å²) in [5, 5.41) is 0. The van der Waals surface area contributed by atoms with Gasteiger partial charge in [0.25, 0.3) is 0 Å². The Kier molecular flexibility index (Phi) is 3.01. The van der Waals surface area contributed by atoms with Crippen molar-refractivity contribution >= 4 is 17.5 Å². The number of para-hydroxylation sites is 1. The van der Waals surface area contributed by atoms with Crippen molar-refractivity contribution < 1.29 is 9.59 Å². The molecule has 2 aliphatic rings. The molecule has 4 heteroatoms. The normalized spacial score (nSPS) is 21.6. The number of likely N-dealkylation sites (tertiary alicyclic amines) is 1. The first-order chi connectivity index (χ1) is 9.18. The number of fused-ring (bicyclic) bond motifs is 1. The van der Waals surface area contributed by atoms with Gasteiger partial charge in [0, 0.05) is 32.1 Å². The molecule has 0 spiro atoms. The highest BCUT2D eigenvalue weighted by molar-refractivity contribution is 6.02. The molecule has 2 amide bonds. The zero-order chi connectivity index (χ0) is 13.4. The van der Waals surface area contributed by atoms with Crippen molar-refractivity contribution in [1.82, 2.24) is 4.90 Å². The van der Waals surface area contributed by atoms with Crippen LogP contribution < -0.4 is 4.90 Å². The van der Waals surface area contributed by atoms with Gasteiger partial charge in [-0.15, -0.1) is 0 Å². The summed E-state index contributed by atoms with van der Waals surface area (Å²) in [7, 11) is 0. The second-order valence-corrected chi connectivity index (χ2v) is 5.27. The smallest absolute Gasteiger partial charge is 0.246 e. The summed E-state index contributed by atoms with van der Waals surface area (Å²) in [6.45, 7) is 3.20. The van der Waals surface area contributed by atoms with Gasteiger partial charge < -0.3 is 4.90 Å². The van der Waals surface area contributed by atoms with Gasteiger partial charge in [0.1, 0.15) is 6.04 Å². The van der Waals surface area contributed by atoms with Crippen LogP contribution in [-0.2, 0) is 16.0 Å². The third-order valence-electron chi connectivity index (χ3n) is 4.02. The number of nitrogens with zero attached hydrogens (tertiary/aromatic N) is 2. The van der Waals surface area contributed by atoms with Crippen molar-refractivity contribution in [3.63, 3.8) is 0 Å². The van der Waals surface area contributed by atoms with Gasteiger partial charge in [0.15, 0.2) is 0 Å². The van der Waals surface area contributed by atoms with Crippen LogP contribution in [0.15, 0.2) is 24.3 Å². The van der Waals surface area contributed by atoms with Crippen LogP contribution in [-0.4, -0.2) is 35.8 Å². The second-order valence-electron chi connectivity index (χ2n) is 5.27. The Labute approximate surface area is 113 Å². The third-order valence-corrected chi connectivity index (χ3v) is 4.02. The third kappa shape index (κ3) is 2.01. The number of benzene rings is 1. The van der Waals surface area contributed by atoms with Gasteiger partial charge >= 0.3 is 0 Å². The van der Waals surface area contributed by atoms with E-state index in [4.69, 9.17) is 0 Å². The quantitative estimate of drug-likeness (QED) is 0.767. The molecule has 1 atom stereocenters. The number of hydrogen-bond acceptors (Lipinski definition) is 2. The Morgan fingerprint density at radius 1 is 1.16 bits per heavy atom. The summed E-state index contributed by atoms with van der Waals surface area (Å²) in [4.78, 5) is 28.0. The first kappa shape index (κ1) is 12.2. The minimum atomic E-state index is -0.340. The average molecular weight is 258 g/mol. The highest BCUT2D eigenvalue weighted by atomic mass is 16.2. The number of amides is 2. The lowest BCUT2D eigenvalue weighted by Crippen LogP contribution is -2.48. The van der Waals surface area contributed by atoms with Crippen LogP contribution in [0.3, 0.4) is 0 Å². The lowest BCUT2D eigenvalue weighted by Gasteiger charge is -2.27. The van der Waals surface area contributed by atoms with Crippen LogP contribution in [0.2, 0.25) is 0 Å². The highest BCUT2D eigenvalue weighted by Gasteiger charge is 2.39. The topological polar surface area (TPSA) is 40.6 Å². The number of rotatable bonds is 1. The molecule has 2 heterocycles. The molecule has 2 aliphatic heterocycles. The van der Waals surface area contributed by atoms with Gasteiger partial charge in [-0.1, -0.05) is 18.2 Å². The van der Waals surface area contributed by atoms with Crippen molar-refractivity contribution in [1.29, 1.82) is 0 Å². The molecule has 19 heavy (non-hydrogen) atoms. The molecule has 1 aromatic carbocycles. The van der Waals surface area contributed by atoms with Gasteiger partial charge in [0.2, 0.25) is 11.8 Å².